The Kier molecular flexibility index (Phi) is 8.97. The maximum atomic E-state index is 12.7. The zero-order valence-electron chi connectivity index (χ0n) is 16.9. The van der Waals surface area contributed by atoms with Crippen LogP contribution >= 0.6 is 0 Å². The molecule has 0 aliphatic carbocycles. The summed E-state index contributed by atoms with van der Waals surface area (Å²) in [5.41, 5.74) is 4.52. The molecule has 8 heteroatoms. The van der Waals surface area contributed by atoms with Crippen molar-refractivity contribution in [2.45, 2.75) is 19.4 Å². The van der Waals surface area contributed by atoms with Gasteiger partial charge in [-0.1, -0.05) is 31.2 Å². The van der Waals surface area contributed by atoms with Crippen LogP contribution in [0.3, 0.4) is 0 Å². The second-order valence-electron chi connectivity index (χ2n) is 6.83. The molecule has 0 heterocycles. The predicted octanol–water partition coefficient (Wildman–Crippen LogP) is 2.48. The highest BCUT2D eigenvalue weighted by Crippen LogP contribution is 2.20. The quantitative estimate of drug-likeness (QED) is 0.239. The fraction of sp³-hybridized carbons (Fsp3) is 0.318. The van der Waals surface area contributed by atoms with Crippen molar-refractivity contribution >= 4 is 11.8 Å². The molecule has 0 spiro atoms. The third-order valence-electron chi connectivity index (χ3n) is 4.55. The monoisotopic (exact) mass is 411 g/mol. The molecule has 8 nitrogen and oxygen atoms in total. The molecule has 2 aromatic rings. The zero-order chi connectivity index (χ0) is 21.9. The number of nitrogens with zero attached hydrogens (tertiary/aromatic N) is 1. The summed E-state index contributed by atoms with van der Waals surface area (Å²) in [4.78, 5) is 24.2. The molecule has 158 valence electrons. The number of hydrogen-bond donors (Lipinski definition) is 3. The van der Waals surface area contributed by atoms with E-state index in [9.17, 15) is 9.59 Å². The number of rotatable bonds is 10. The smallest absolute Gasteiger partial charge is 0.251 e. The van der Waals surface area contributed by atoms with Gasteiger partial charge < -0.3 is 14.8 Å². The van der Waals surface area contributed by atoms with Crippen molar-refractivity contribution in [1.29, 1.82) is 5.26 Å². The van der Waals surface area contributed by atoms with Gasteiger partial charge in [-0.05, 0) is 41.8 Å². The predicted molar refractivity (Wildman–Crippen MR) is 109 cm³/mol. The highest BCUT2D eigenvalue weighted by molar-refractivity contribution is 5.95. The van der Waals surface area contributed by atoms with Crippen LogP contribution in [0.2, 0.25) is 0 Å². The van der Waals surface area contributed by atoms with E-state index in [1.807, 2.05) is 24.3 Å². The number of carbonyl (C=O) groups is 2. The number of hydrogen-bond acceptors (Lipinski definition) is 6. The largest absolute Gasteiger partial charge is 0.359 e. The summed E-state index contributed by atoms with van der Waals surface area (Å²) in [7, 11) is 1.49. The molecule has 0 fully saturated rings. The average Bonchev–Trinajstić information content (AvgIpc) is 2.78. The first-order valence-corrected chi connectivity index (χ1v) is 9.40. The van der Waals surface area contributed by atoms with Crippen LogP contribution in [0.25, 0.3) is 11.1 Å². The van der Waals surface area contributed by atoms with Gasteiger partial charge in [-0.2, -0.15) is 5.26 Å². The van der Waals surface area contributed by atoms with Crippen molar-refractivity contribution in [2.24, 2.45) is 5.92 Å². The first kappa shape index (κ1) is 23.0. The van der Waals surface area contributed by atoms with Crippen LogP contribution in [-0.4, -0.2) is 43.6 Å². The molecule has 0 aromatic heterocycles. The van der Waals surface area contributed by atoms with Crippen LogP contribution in [0, 0.1) is 17.2 Å². The van der Waals surface area contributed by atoms with Crippen molar-refractivity contribution in [1.82, 2.24) is 10.8 Å². The fourth-order valence-corrected chi connectivity index (χ4v) is 2.91. The summed E-state index contributed by atoms with van der Waals surface area (Å²) in [5, 5.41) is 20.5. The van der Waals surface area contributed by atoms with E-state index in [1.165, 1.54) is 7.11 Å². The molecule has 2 aromatic carbocycles. The normalized spacial score (nSPS) is 12.5. The third-order valence-corrected chi connectivity index (χ3v) is 4.55. The number of amides is 2. The minimum Gasteiger partial charge on any atom is -0.359 e. The molecule has 0 radical (unpaired) electrons. The second kappa shape index (κ2) is 11.7. The van der Waals surface area contributed by atoms with Crippen LogP contribution in [0.1, 0.15) is 29.3 Å². The third kappa shape index (κ3) is 6.67. The number of methoxy groups -OCH3 is 1. The minimum absolute atomic E-state index is 0.0617. The summed E-state index contributed by atoms with van der Waals surface area (Å²) >= 11 is 0. The summed E-state index contributed by atoms with van der Waals surface area (Å²) in [6.45, 7) is 1.87. The topological polar surface area (TPSA) is 121 Å². The van der Waals surface area contributed by atoms with Gasteiger partial charge in [0, 0.05) is 18.6 Å². The van der Waals surface area contributed by atoms with Gasteiger partial charge in [0.25, 0.3) is 5.91 Å². The fourth-order valence-electron chi connectivity index (χ4n) is 2.91. The van der Waals surface area contributed by atoms with E-state index in [0.29, 0.717) is 11.1 Å². The summed E-state index contributed by atoms with van der Waals surface area (Å²) in [6.07, 6.45) is 0.283. The first-order valence-electron chi connectivity index (χ1n) is 9.40. The molecule has 0 bridgehead atoms. The van der Waals surface area contributed by atoms with Crippen molar-refractivity contribution in [3.8, 4) is 17.2 Å². The van der Waals surface area contributed by atoms with Gasteiger partial charge in [-0.3, -0.25) is 14.8 Å². The summed E-state index contributed by atoms with van der Waals surface area (Å²) in [6, 6.07) is 15.9. The number of ether oxygens (including phenoxy) is 2. The number of nitrogens with one attached hydrogen (secondary N) is 2. The molecule has 0 aliphatic heterocycles. The van der Waals surface area contributed by atoms with Gasteiger partial charge in [-0.25, -0.2) is 5.48 Å². The standard InChI is InChI=1S/C22H25N3O5/c1-15(21(26)25-28)11-20(13-30-14-29-2)24-22(27)19-9-7-18(8-10-19)17-5-3-16(12-23)4-6-17/h3-10,15,20,28H,11,13-14H2,1-2H3,(H,24,27)(H,25,26)/t15-,20-/m0/s1. The second-order valence-corrected chi connectivity index (χ2v) is 6.83. The lowest BCUT2D eigenvalue weighted by molar-refractivity contribution is -0.133. The molecular weight excluding hydrogens is 386 g/mol. The summed E-state index contributed by atoms with van der Waals surface area (Å²) in [5.74, 6) is -1.36. The van der Waals surface area contributed by atoms with E-state index >= 15 is 0 Å². The summed E-state index contributed by atoms with van der Waals surface area (Å²) < 4.78 is 10.2. The Labute approximate surface area is 175 Å². The van der Waals surface area contributed by atoms with Crippen LogP contribution in [0.4, 0.5) is 0 Å². The maximum absolute atomic E-state index is 12.7. The van der Waals surface area contributed by atoms with E-state index in [2.05, 4.69) is 11.4 Å². The van der Waals surface area contributed by atoms with Crippen LogP contribution < -0.4 is 10.8 Å². The molecule has 30 heavy (non-hydrogen) atoms. The van der Waals surface area contributed by atoms with Gasteiger partial charge >= 0.3 is 0 Å². The Morgan fingerprint density at radius 3 is 2.23 bits per heavy atom. The minimum atomic E-state index is -0.534. The van der Waals surface area contributed by atoms with Gasteiger partial charge in [0.2, 0.25) is 5.91 Å². The molecule has 0 saturated heterocycles. The number of carbonyl (C=O) groups excluding carboxylic acids is 2. The Hall–Kier alpha value is -3.25. The van der Waals surface area contributed by atoms with Crippen molar-refractivity contribution in [3.05, 3.63) is 59.7 Å². The Morgan fingerprint density at radius 1 is 1.10 bits per heavy atom. The Morgan fingerprint density at radius 2 is 1.70 bits per heavy atom. The van der Waals surface area contributed by atoms with E-state index in [4.69, 9.17) is 19.9 Å². The number of hydroxylamine groups is 1. The SMILES string of the molecule is COCOC[C@H](C[C@H](C)C(=O)NO)NC(=O)c1ccc(-c2ccc(C#N)cc2)cc1. The number of nitriles is 1. The van der Waals surface area contributed by atoms with Gasteiger partial charge in [0.1, 0.15) is 6.79 Å². The molecule has 0 unspecified atom stereocenters. The van der Waals surface area contributed by atoms with Crippen molar-refractivity contribution in [3.63, 3.8) is 0 Å². The lowest BCUT2D eigenvalue weighted by atomic mass is 10.0. The van der Waals surface area contributed by atoms with Gasteiger partial charge in [-0.15, -0.1) is 0 Å². The van der Waals surface area contributed by atoms with Gasteiger partial charge in [0.05, 0.1) is 24.3 Å². The Balaban J connectivity index is 2.05. The molecule has 3 N–H and O–H groups in total. The van der Waals surface area contributed by atoms with Crippen LogP contribution in [-0.2, 0) is 14.3 Å². The molecule has 2 atom stereocenters. The first-order chi connectivity index (χ1) is 14.5. The molecule has 2 amide bonds. The van der Waals surface area contributed by atoms with E-state index in [0.717, 1.165) is 11.1 Å². The van der Waals surface area contributed by atoms with Crippen LogP contribution in [0.15, 0.2) is 48.5 Å². The van der Waals surface area contributed by atoms with Gasteiger partial charge in [0.15, 0.2) is 0 Å². The molecule has 2 rings (SSSR count). The molecule has 0 saturated carbocycles. The maximum Gasteiger partial charge on any atom is 0.251 e. The number of benzene rings is 2. The molecule has 0 aliphatic rings. The van der Waals surface area contributed by atoms with E-state index in [1.54, 1.807) is 36.7 Å². The highest BCUT2D eigenvalue weighted by Gasteiger charge is 2.21. The molecular formula is C22H25N3O5. The van der Waals surface area contributed by atoms with E-state index < -0.39 is 17.9 Å². The average molecular weight is 411 g/mol. The van der Waals surface area contributed by atoms with Crippen LogP contribution in [0.5, 0.6) is 0 Å². The zero-order valence-corrected chi connectivity index (χ0v) is 16.9. The van der Waals surface area contributed by atoms with Crippen molar-refractivity contribution in [2.75, 3.05) is 20.5 Å². The lowest BCUT2D eigenvalue weighted by Crippen LogP contribution is -2.41. The highest BCUT2D eigenvalue weighted by atomic mass is 16.7. The van der Waals surface area contributed by atoms with Crippen molar-refractivity contribution < 1.29 is 24.3 Å². The Bertz CT molecular complexity index is 875. The van der Waals surface area contributed by atoms with E-state index in [-0.39, 0.29) is 25.7 Å². The lowest BCUT2D eigenvalue weighted by Gasteiger charge is -2.21.